The quantitative estimate of drug-likeness (QED) is 0.254. The SMILES string of the molecule is Cn1c(/C=N/c2c(-c3ccccc3)cc(P)cc2-c2ccccc2)nc2ccccc21. The number of para-hydroxylation sites is 2. The monoisotopic (exact) mass is 419 g/mol. The molecule has 1 atom stereocenters. The third kappa shape index (κ3) is 3.81. The second-order valence-corrected chi connectivity index (χ2v) is 8.14. The second kappa shape index (κ2) is 8.29. The molecule has 0 aliphatic heterocycles. The molecule has 0 bridgehead atoms. The van der Waals surface area contributed by atoms with Gasteiger partial charge in [-0.3, -0.25) is 4.99 Å². The van der Waals surface area contributed by atoms with E-state index in [0.29, 0.717) is 0 Å². The zero-order valence-corrected chi connectivity index (χ0v) is 18.4. The van der Waals surface area contributed by atoms with Gasteiger partial charge in [0.2, 0.25) is 0 Å². The average molecular weight is 419 g/mol. The van der Waals surface area contributed by atoms with E-state index >= 15 is 0 Å². The van der Waals surface area contributed by atoms with Gasteiger partial charge in [0.15, 0.2) is 5.82 Å². The van der Waals surface area contributed by atoms with Gasteiger partial charge in [-0.15, -0.1) is 9.24 Å². The molecule has 4 aromatic carbocycles. The molecule has 5 rings (SSSR count). The molecule has 4 heteroatoms. The fraction of sp³-hybridized carbons (Fsp3) is 0.0370. The Kier molecular flexibility index (Phi) is 5.19. The lowest BCUT2D eigenvalue weighted by Crippen LogP contribution is -1.98. The summed E-state index contributed by atoms with van der Waals surface area (Å²) >= 11 is 0. The standard InChI is InChI=1S/C27H22N3P/c1-30-25-15-9-8-14-24(25)29-26(30)18-28-27-22(19-10-4-2-5-11-19)16-21(31)17-23(27)20-12-6-3-7-13-20/h2-18H,31H2,1H3/b28-18+. The molecule has 3 nitrogen and oxygen atoms in total. The van der Waals surface area contributed by atoms with Gasteiger partial charge in [-0.05, 0) is 40.7 Å². The number of nitrogens with zero attached hydrogens (tertiary/aromatic N) is 3. The Morgan fingerprint density at radius 3 is 1.90 bits per heavy atom. The number of hydrogen-bond donors (Lipinski definition) is 0. The van der Waals surface area contributed by atoms with Crippen molar-refractivity contribution in [2.45, 2.75) is 0 Å². The average Bonchev–Trinajstić information content (AvgIpc) is 3.14. The van der Waals surface area contributed by atoms with Gasteiger partial charge < -0.3 is 4.57 Å². The van der Waals surface area contributed by atoms with Crippen LogP contribution in [0, 0.1) is 0 Å². The van der Waals surface area contributed by atoms with Crippen molar-refractivity contribution in [1.29, 1.82) is 0 Å². The highest BCUT2D eigenvalue weighted by Gasteiger charge is 2.13. The molecule has 0 amide bonds. The highest BCUT2D eigenvalue weighted by atomic mass is 31.0. The third-order valence-corrected chi connectivity index (χ3v) is 5.77. The highest BCUT2D eigenvalue weighted by molar-refractivity contribution is 7.27. The van der Waals surface area contributed by atoms with Crippen LogP contribution < -0.4 is 5.30 Å². The van der Waals surface area contributed by atoms with Gasteiger partial charge in [0.05, 0.1) is 22.9 Å². The molecular formula is C27H22N3P. The van der Waals surface area contributed by atoms with Crippen molar-refractivity contribution in [2.75, 3.05) is 0 Å². The minimum atomic E-state index is 0.828. The molecule has 0 spiro atoms. The van der Waals surface area contributed by atoms with Crippen LogP contribution in [-0.4, -0.2) is 15.8 Å². The van der Waals surface area contributed by atoms with Crippen molar-refractivity contribution in [3.8, 4) is 22.3 Å². The maximum Gasteiger partial charge on any atom is 0.152 e. The Balaban J connectivity index is 1.72. The molecule has 0 aliphatic rings. The van der Waals surface area contributed by atoms with Crippen LogP contribution >= 0.6 is 9.24 Å². The van der Waals surface area contributed by atoms with E-state index in [9.17, 15) is 0 Å². The molecule has 5 aromatic rings. The zero-order valence-electron chi connectivity index (χ0n) is 17.2. The number of fused-ring (bicyclic) bond motifs is 1. The van der Waals surface area contributed by atoms with Gasteiger partial charge in [-0.25, -0.2) is 4.98 Å². The number of benzene rings is 4. The van der Waals surface area contributed by atoms with E-state index in [1.54, 1.807) is 0 Å². The molecule has 0 radical (unpaired) electrons. The zero-order chi connectivity index (χ0) is 21.2. The molecule has 0 saturated carbocycles. The van der Waals surface area contributed by atoms with E-state index < -0.39 is 0 Å². The molecule has 150 valence electrons. The van der Waals surface area contributed by atoms with E-state index in [-0.39, 0.29) is 0 Å². The summed E-state index contributed by atoms with van der Waals surface area (Å²) in [7, 11) is 4.86. The first kappa shape index (κ1) is 19.4. The van der Waals surface area contributed by atoms with Crippen molar-refractivity contribution in [2.24, 2.45) is 12.0 Å². The lowest BCUT2D eigenvalue weighted by atomic mass is 9.96. The maximum atomic E-state index is 5.01. The van der Waals surface area contributed by atoms with Crippen LogP contribution in [0.3, 0.4) is 0 Å². The minimum Gasteiger partial charge on any atom is -0.326 e. The van der Waals surface area contributed by atoms with Crippen LogP contribution in [-0.2, 0) is 7.05 Å². The smallest absolute Gasteiger partial charge is 0.152 e. The Morgan fingerprint density at radius 1 is 0.774 bits per heavy atom. The number of aryl methyl sites for hydroxylation is 1. The summed E-state index contributed by atoms with van der Waals surface area (Å²) in [6.07, 6.45) is 1.87. The van der Waals surface area contributed by atoms with Gasteiger partial charge in [0, 0.05) is 18.2 Å². The van der Waals surface area contributed by atoms with Crippen LogP contribution in [0.2, 0.25) is 0 Å². The van der Waals surface area contributed by atoms with Gasteiger partial charge in [-0.1, -0.05) is 72.8 Å². The number of rotatable bonds is 4. The van der Waals surface area contributed by atoms with E-state index in [4.69, 9.17) is 9.98 Å². The van der Waals surface area contributed by atoms with Crippen LogP contribution in [0.15, 0.2) is 102 Å². The van der Waals surface area contributed by atoms with Crippen molar-refractivity contribution in [3.63, 3.8) is 0 Å². The van der Waals surface area contributed by atoms with E-state index in [1.165, 1.54) is 0 Å². The largest absolute Gasteiger partial charge is 0.326 e. The van der Waals surface area contributed by atoms with Crippen molar-refractivity contribution in [3.05, 3.63) is 103 Å². The first-order valence-corrected chi connectivity index (χ1v) is 10.8. The maximum absolute atomic E-state index is 5.01. The summed E-state index contributed by atoms with van der Waals surface area (Å²) < 4.78 is 2.08. The van der Waals surface area contributed by atoms with Crippen LogP contribution in [0.4, 0.5) is 5.69 Å². The minimum absolute atomic E-state index is 0.828. The first-order valence-electron chi connectivity index (χ1n) is 10.2. The van der Waals surface area contributed by atoms with Gasteiger partial charge >= 0.3 is 0 Å². The molecule has 0 saturated heterocycles. The summed E-state index contributed by atoms with van der Waals surface area (Å²) in [4.78, 5) is 9.77. The Morgan fingerprint density at radius 2 is 1.32 bits per heavy atom. The number of aliphatic imine (C=N–C) groups is 1. The van der Waals surface area contributed by atoms with Crippen LogP contribution in [0.5, 0.6) is 0 Å². The van der Waals surface area contributed by atoms with Gasteiger partial charge in [0.25, 0.3) is 0 Å². The number of imidazole rings is 1. The topological polar surface area (TPSA) is 30.2 Å². The molecular weight excluding hydrogens is 397 g/mol. The number of hydrogen-bond acceptors (Lipinski definition) is 2. The second-order valence-electron chi connectivity index (χ2n) is 7.47. The number of aromatic nitrogens is 2. The lowest BCUT2D eigenvalue weighted by Gasteiger charge is -2.14. The molecule has 1 unspecified atom stereocenters. The van der Waals surface area contributed by atoms with Crippen molar-refractivity contribution >= 4 is 37.5 Å². The van der Waals surface area contributed by atoms with Crippen LogP contribution in [0.1, 0.15) is 5.82 Å². The van der Waals surface area contributed by atoms with E-state index in [2.05, 4.69) is 80.5 Å². The van der Waals surface area contributed by atoms with Gasteiger partial charge in [-0.2, -0.15) is 0 Å². The summed E-state index contributed by atoms with van der Waals surface area (Å²) in [6.45, 7) is 0. The molecule has 31 heavy (non-hydrogen) atoms. The Labute approximate surface area is 184 Å². The Hall–Kier alpha value is -3.55. The Bertz CT molecular complexity index is 1330. The molecule has 1 aromatic heterocycles. The van der Waals surface area contributed by atoms with Crippen molar-refractivity contribution < 1.29 is 0 Å². The normalized spacial score (nSPS) is 11.4. The lowest BCUT2D eigenvalue weighted by molar-refractivity contribution is 0.935. The first-order chi connectivity index (χ1) is 15.2. The van der Waals surface area contributed by atoms with Gasteiger partial charge in [0.1, 0.15) is 0 Å². The van der Waals surface area contributed by atoms with E-state index in [0.717, 1.165) is 50.1 Å². The summed E-state index contributed by atoms with van der Waals surface area (Å²) in [6, 6.07) is 33.3. The van der Waals surface area contributed by atoms with E-state index in [1.807, 2.05) is 43.6 Å². The summed E-state index contributed by atoms with van der Waals surface area (Å²) in [5, 5.41) is 1.12. The third-order valence-electron chi connectivity index (χ3n) is 5.43. The molecule has 1 heterocycles. The highest BCUT2D eigenvalue weighted by Crippen LogP contribution is 2.39. The molecule has 0 fully saturated rings. The fourth-order valence-electron chi connectivity index (χ4n) is 3.87. The molecule has 0 aliphatic carbocycles. The van der Waals surface area contributed by atoms with Crippen LogP contribution in [0.25, 0.3) is 33.3 Å². The summed E-state index contributed by atoms with van der Waals surface area (Å²) in [5.74, 6) is 0.828. The molecule has 0 N–H and O–H groups in total. The summed E-state index contributed by atoms with van der Waals surface area (Å²) in [5.41, 5.74) is 7.48. The fourth-order valence-corrected chi connectivity index (χ4v) is 4.21. The van der Waals surface area contributed by atoms with Crippen molar-refractivity contribution in [1.82, 2.24) is 9.55 Å². The predicted octanol–water partition coefficient (Wildman–Crippen LogP) is 6.16. The predicted molar refractivity (Wildman–Crippen MR) is 135 cm³/mol.